The van der Waals surface area contributed by atoms with Gasteiger partial charge in [0.05, 0.1) is 16.9 Å². The van der Waals surface area contributed by atoms with E-state index in [-0.39, 0.29) is 11.5 Å². The number of benzene rings is 1. The maximum Gasteiger partial charge on any atom is 0.266 e. The van der Waals surface area contributed by atoms with Crippen LogP contribution in [0.15, 0.2) is 59.5 Å². The standard InChI is InChI=1S/C21H19N3O3S/c1-2-3-12-27-15-9-7-14(8-10-15)22-19(25)17-13-16-20(28-17)23-18-6-4-5-11-24(18)21(16)26/h4-11,13H,2-3,12H2,1H3,(H,22,25). The molecule has 0 saturated heterocycles. The summed E-state index contributed by atoms with van der Waals surface area (Å²) in [5, 5.41) is 3.30. The molecule has 4 rings (SSSR count). The van der Waals surface area contributed by atoms with Crippen LogP contribution in [-0.4, -0.2) is 21.9 Å². The highest BCUT2D eigenvalue weighted by Crippen LogP contribution is 2.24. The minimum Gasteiger partial charge on any atom is -0.494 e. The van der Waals surface area contributed by atoms with Crippen molar-refractivity contribution in [2.45, 2.75) is 19.8 Å². The van der Waals surface area contributed by atoms with E-state index in [4.69, 9.17) is 4.74 Å². The first-order valence-electron chi connectivity index (χ1n) is 9.11. The Balaban J connectivity index is 1.55. The third-order valence-corrected chi connectivity index (χ3v) is 5.35. The average Bonchev–Trinajstić information content (AvgIpc) is 3.14. The molecular weight excluding hydrogens is 374 g/mol. The third-order valence-electron chi connectivity index (χ3n) is 4.32. The third kappa shape index (κ3) is 3.61. The Morgan fingerprint density at radius 1 is 1.21 bits per heavy atom. The molecule has 3 aromatic heterocycles. The van der Waals surface area contributed by atoms with E-state index < -0.39 is 0 Å². The van der Waals surface area contributed by atoms with Gasteiger partial charge < -0.3 is 10.1 Å². The quantitative estimate of drug-likeness (QED) is 0.495. The number of carbonyl (C=O) groups excluding carboxylic acids is 1. The fourth-order valence-electron chi connectivity index (χ4n) is 2.82. The Hall–Kier alpha value is -3.19. The molecule has 7 heteroatoms. The monoisotopic (exact) mass is 393 g/mol. The molecule has 28 heavy (non-hydrogen) atoms. The Bertz CT molecular complexity index is 1200. The molecule has 1 N–H and O–H groups in total. The number of hydrogen-bond donors (Lipinski definition) is 1. The minimum atomic E-state index is -0.267. The fourth-order valence-corrected chi connectivity index (χ4v) is 3.75. The van der Waals surface area contributed by atoms with Crippen molar-refractivity contribution in [2.75, 3.05) is 11.9 Å². The van der Waals surface area contributed by atoms with Gasteiger partial charge in [0.15, 0.2) is 0 Å². The second-order valence-electron chi connectivity index (χ2n) is 6.36. The normalized spacial score (nSPS) is 11.0. The smallest absolute Gasteiger partial charge is 0.266 e. The van der Waals surface area contributed by atoms with Crippen LogP contribution in [0.3, 0.4) is 0 Å². The summed E-state index contributed by atoms with van der Waals surface area (Å²) in [5.41, 5.74) is 1.05. The molecule has 1 amide bonds. The van der Waals surface area contributed by atoms with Gasteiger partial charge in [0.1, 0.15) is 16.2 Å². The first kappa shape index (κ1) is 18.2. The van der Waals surface area contributed by atoms with E-state index in [1.54, 1.807) is 36.5 Å². The molecule has 0 aliphatic carbocycles. The number of rotatable bonds is 6. The summed E-state index contributed by atoms with van der Waals surface area (Å²) in [6, 6.07) is 14.2. The fraction of sp³-hybridized carbons (Fsp3) is 0.190. The SMILES string of the molecule is CCCCOc1ccc(NC(=O)c2cc3c(=O)n4ccccc4nc3s2)cc1. The number of amides is 1. The topological polar surface area (TPSA) is 72.7 Å². The molecule has 0 unspecified atom stereocenters. The van der Waals surface area contributed by atoms with E-state index in [1.165, 1.54) is 15.7 Å². The highest BCUT2D eigenvalue weighted by Gasteiger charge is 2.15. The number of fused-ring (bicyclic) bond motifs is 2. The lowest BCUT2D eigenvalue weighted by Crippen LogP contribution is -2.13. The van der Waals surface area contributed by atoms with Crippen LogP contribution >= 0.6 is 11.3 Å². The summed E-state index contributed by atoms with van der Waals surface area (Å²) >= 11 is 1.21. The predicted molar refractivity (Wildman–Crippen MR) is 112 cm³/mol. The lowest BCUT2D eigenvalue weighted by molar-refractivity contribution is 0.103. The summed E-state index contributed by atoms with van der Waals surface area (Å²) in [6.45, 7) is 2.80. The average molecular weight is 393 g/mol. The molecule has 0 aliphatic heterocycles. The number of aromatic nitrogens is 2. The summed E-state index contributed by atoms with van der Waals surface area (Å²) in [7, 11) is 0. The van der Waals surface area contributed by atoms with E-state index in [9.17, 15) is 9.59 Å². The van der Waals surface area contributed by atoms with Crippen LogP contribution in [0.2, 0.25) is 0 Å². The van der Waals surface area contributed by atoms with E-state index in [1.807, 2.05) is 18.2 Å². The van der Waals surface area contributed by atoms with Gasteiger partial charge in [0.25, 0.3) is 11.5 Å². The Labute approximate surface area is 165 Å². The number of nitrogens with one attached hydrogen (secondary N) is 1. The molecule has 4 aromatic rings. The Morgan fingerprint density at radius 2 is 2.04 bits per heavy atom. The number of anilines is 1. The molecule has 0 aliphatic rings. The Morgan fingerprint density at radius 3 is 2.82 bits per heavy atom. The van der Waals surface area contributed by atoms with Gasteiger partial charge in [0, 0.05) is 11.9 Å². The summed E-state index contributed by atoms with van der Waals surface area (Å²) in [5.74, 6) is 0.508. The first-order chi connectivity index (χ1) is 13.7. The van der Waals surface area contributed by atoms with Crippen LogP contribution < -0.4 is 15.6 Å². The molecule has 0 spiro atoms. The van der Waals surface area contributed by atoms with E-state index >= 15 is 0 Å². The predicted octanol–water partition coefficient (Wildman–Crippen LogP) is 4.34. The number of unbranched alkanes of at least 4 members (excludes halogenated alkanes) is 1. The van der Waals surface area contributed by atoms with Crippen LogP contribution in [0.25, 0.3) is 15.9 Å². The molecule has 1 aromatic carbocycles. The first-order valence-corrected chi connectivity index (χ1v) is 9.92. The second-order valence-corrected chi connectivity index (χ2v) is 7.39. The highest BCUT2D eigenvalue weighted by molar-refractivity contribution is 7.20. The van der Waals surface area contributed by atoms with Crippen molar-refractivity contribution in [3.63, 3.8) is 0 Å². The number of hydrogen-bond acceptors (Lipinski definition) is 5. The number of pyridine rings is 1. The van der Waals surface area contributed by atoms with Gasteiger partial charge in [0.2, 0.25) is 0 Å². The number of carbonyl (C=O) groups is 1. The maximum atomic E-state index is 12.6. The van der Waals surface area contributed by atoms with Crippen LogP contribution in [-0.2, 0) is 0 Å². The van der Waals surface area contributed by atoms with Crippen molar-refractivity contribution in [1.82, 2.24) is 9.38 Å². The van der Waals surface area contributed by atoms with Gasteiger partial charge >= 0.3 is 0 Å². The molecule has 0 fully saturated rings. The molecule has 6 nitrogen and oxygen atoms in total. The van der Waals surface area contributed by atoms with Gasteiger partial charge in [-0.3, -0.25) is 14.0 Å². The lowest BCUT2D eigenvalue weighted by Gasteiger charge is -2.07. The van der Waals surface area contributed by atoms with Gasteiger partial charge in [-0.2, -0.15) is 0 Å². The number of ether oxygens (including phenoxy) is 1. The molecular formula is C21H19N3O3S. The van der Waals surface area contributed by atoms with Crippen LogP contribution in [0, 0.1) is 0 Å². The van der Waals surface area contributed by atoms with Crippen LogP contribution in [0.4, 0.5) is 5.69 Å². The maximum absolute atomic E-state index is 12.6. The molecule has 0 saturated carbocycles. The molecule has 142 valence electrons. The van der Waals surface area contributed by atoms with Crippen LogP contribution in [0.1, 0.15) is 29.4 Å². The van der Waals surface area contributed by atoms with Crippen LogP contribution in [0.5, 0.6) is 5.75 Å². The van der Waals surface area contributed by atoms with Gasteiger partial charge in [-0.05, 0) is 48.9 Å². The van der Waals surface area contributed by atoms with Crippen molar-refractivity contribution in [1.29, 1.82) is 0 Å². The molecule has 0 atom stereocenters. The van der Waals surface area contributed by atoms with Gasteiger partial charge in [-0.1, -0.05) is 19.4 Å². The lowest BCUT2D eigenvalue weighted by atomic mass is 10.3. The van der Waals surface area contributed by atoms with Crippen molar-refractivity contribution in [3.05, 3.63) is 70.0 Å². The zero-order valence-corrected chi connectivity index (χ0v) is 16.2. The Kier molecular flexibility index (Phi) is 5.08. The van der Waals surface area contributed by atoms with E-state index in [0.717, 1.165) is 18.6 Å². The van der Waals surface area contributed by atoms with E-state index in [0.29, 0.717) is 33.0 Å². The number of thiophene rings is 1. The summed E-state index contributed by atoms with van der Waals surface area (Å²) in [4.78, 5) is 30.7. The number of nitrogens with zero attached hydrogens (tertiary/aromatic N) is 2. The van der Waals surface area contributed by atoms with E-state index in [2.05, 4.69) is 17.2 Å². The zero-order chi connectivity index (χ0) is 19.5. The summed E-state index contributed by atoms with van der Waals surface area (Å²) in [6.07, 6.45) is 3.76. The molecule has 3 heterocycles. The van der Waals surface area contributed by atoms with Crippen molar-refractivity contribution in [2.24, 2.45) is 0 Å². The van der Waals surface area contributed by atoms with Crippen molar-refractivity contribution >= 4 is 38.8 Å². The highest BCUT2D eigenvalue weighted by atomic mass is 32.1. The minimum absolute atomic E-state index is 0.176. The largest absolute Gasteiger partial charge is 0.494 e. The van der Waals surface area contributed by atoms with Crippen molar-refractivity contribution in [3.8, 4) is 5.75 Å². The van der Waals surface area contributed by atoms with Gasteiger partial charge in [-0.15, -0.1) is 11.3 Å². The van der Waals surface area contributed by atoms with Crippen molar-refractivity contribution < 1.29 is 9.53 Å². The zero-order valence-electron chi connectivity index (χ0n) is 15.3. The summed E-state index contributed by atoms with van der Waals surface area (Å²) < 4.78 is 7.11. The van der Waals surface area contributed by atoms with Gasteiger partial charge in [-0.25, -0.2) is 4.98 Å². The molecule has 0 radical (unpaired) electrons. The molecule has 0 bridgehead atoms. The second kappa shape index (κ2) is 7.82.